The Morgan fingerprint density at radius 1 is 1.39 bits per heavy atom. The highest BCUT2D eigenvalue weighted by molar-refractivity contribution is 5.79. The summed E-state index contributed by atoms with van der Waals surface area (Å²) < 4.78 is 7.52. The van der Waals surface area contributed by atoms with Crippen molar-refractivity contribution in [2.45, 2.75) is 13.3 Å². The van der Waals surface area contributed by atoms with E-state index in [1.807, 2.05) is 25.4 Å². The Morgan fingerprint density at radius 2 is 2.22 bits per heavy atom. The van der Waals surface area contributed by atoms with Crippen LogP contribution in [0.1, 0.15) is 12.6 Å². The number of fused-ring (bicyclic) bond motifs is 1. The number of benzene rings is 1. The van der Waals surface area contributed by atoms with Crippen LogP contribution in [-0.2, 0) is 13.5 Å². The lowest BCUT2D eigenvalue weighted by molar-refractivity contribution is 0.619. The van der Waals surface area contributed by atoms with Crippen LogP contribution in [0.15, 0.2) is 28.8 Å². The summed E-state index contributed by atoms with van der Waals surface area (Å²) in [4.78, 5) is 4.47. The van der Waals surface area contributed by atoms with Crippen LogP contribution in [0.2, 0.25) is 0 Å². The quantitative estimate of drug-likeness (QED) is 0.700. The van der Waals surface area contributed by atoms with E-state index < -0.39 is 0 Å². The molecule has 1 aromatic carbocycles. The predicted molar refractivity (Wildman–Crippen MR) is 70.0 cm³/mol. The van der Waals surface area contributed by atoms with Gasteiger partial charge in [0.15, 0.2) is 5.58 Å². The number of aromatic nitrogens is 3. The molecule has 0 spiro atoms. The van der Waals surface area contributed by atoms with Crippen LogP contribution >= 0.6 is 0 Å². The van der Waals surface area contributed by atoms with Gasteiger partial charge >= 0.3 is 0 Å². The Hall–Kier alpha value is -2.30. The molecule has 0 atom stereocenters. The van der Waals surface area contributed by atoms with Gasteiger partial charge in [-0.15, -0.1) is 0 Å². The maximum absolute atomic E-state index is 5.75. The fourth-order valence-electron chi connectivity index (χ4n) is 2.03. The van der Waals surface area contributed by atoms with Crippen LogP contribution in [0.3, 0.4) is 0 Å². The van der Waals surface area contributed by atoms with Gasteiger partial charge in [0.05, 0.1) is 11.3 Å². The van der Waals surface area contributed by atoms with Gasteiger partial charge in [-0.05, 0) is 18.6 Å². The van der Waals surface area contributed by atoms with Crippen molar-refractivity contribution in [3.05, 3.63) is 30.1 Å². The van der Waals surface area contributed by atoms with Crippen molar-refractivity contribution < 1.29 is 4.42 Å². The molecule has 0 unspecified atom stereocenters. The summed E-state index contributed by atoms with van der Waals surface area (Å²) in [6, 6.07) is 5.46. The second-order valence-electron chi connectivity index (χ2n) is 4.26. The van der Waals surface area contributed by atoms with Gasteiger partial charge in [0, 0.05) is 25.0 Å². The molecule has 2 aromatic heterocycles. The number of hydrogen-bond donors (Lipinski definition) is 1. The third-order valence-electron chi connectivity index (χ3n) is 2.88. The smallest absolute Gasteiger partial charge is 0.230 e. The summed E-state index contributed by atoms with van der Waals surface area (Å²) in [7, 11) is 1.89. The van der Waals surface area contributed by atoms with E-state index in [-0.39, 0.29) is 0 Å². The van der Waals surface area contributed by atoms with Crippen LogP contribution in [0.25, 0.3) is 22.6 Å². The van der Waals surface area contributed by atoms with Gasteiger partial charge in [-0.1, -0.05) is 6.92 Å². The number of hydrogen-bond acceptors (Lipinski definition) is 4. The Morgan fingerprint density at radius 3 is 3.00 bits per heavy atom. The molecular weight excluding hydrogens is 228 g/mol. The van der Waals surface area contributed by atoms with Crippen molar-refractivity contribution in [2.24, 2.45) is 7.05 Å². The van der Waals surface area contributed by atoms with Gasteiger partial charge < -0.3 is 10.2 Å². The maximum Gasteiger partial charge on any atom is 0.230 e. The van der Waals surface area contributed by atoms with Crippen molar-refractivity contribution in [3.8, 4) is 11.5 Å². The van der Waals surface area contributed by atoms with Crippen molar-refractivity contribution in [2.75, 3.05) is 5.73 Å². The summed E-state index contributed by atoms with van der Waals surface area (Å²) in [5.74, 6) is 0.598. The van der Waals surface area contributed by atoms with Crippen LogP contribution in [0.4, 0.5) is 5.69 Å². The Bertz CT molecular complexity index is 711. The van der Waals surface area contributed by atoms with Crippen LogP contribution in [0, 0.1) is 0 Å². The SMILES string of the molecule is CCc1nn(C)cc1-c1nc2ccc(N)cc2o1. The molecule has 0 amide bonds. The van der Waals surface area contributed by atoms with E-state index in [2.05, 4.69) is 17.0 Å². The molecule has 0 bridgehead atoms. The molecule has 2 heterocycles. The molecule has 0 aliphatic heterocycles. The van der Waals surface area contributed by atoms with Gasteiger partial charge in [-0.2, -0.15) is 5.10 Å². The number of nitrogen functional groups attached to an aromatic ring is 1. The zero-order chi connectivity index (χ0) is 12.7. The second kappa shape index (κ2) is 3.87. The minimum atomic E-state index is 0.598. The fraction of sp³-hybridized carbons (Fsp3) is 0.231. The van der Waals surface area contributed by atoms with Gasteiger partial charge in [0.25, 0.3) is 0 Å². The topological polar surface area (TPSA) is 69.9 Å². The summed E-state index contributed by atoms with van der Waals surface area (Å²) in [6.45, 7) is 2.06. The summed E-state index contributed by atoms with van der Waals surface area (Å²) >= 11 is 0. The first-order valence-electron chi connectivity index (χ1n) is 5.86. The molecule has 5 nitrogen and oxygen atoms in total. The van der Waals surface area contributed by atoms with Crippen LogP contribution in [-0.4, -0.2) is 14.8 Å². The molecule has 0 saturated heterocycles. The highest BCUT2D eigenvalue weighted by Crippen LogP contribution is 2.27. The van der Waals surface area contributed by atoms with Crippen LogP contribution in [0.5, 0.6) is 0 Å². The Labute approximate surface area is 104 Å². The molecule has 3 rings (SSSR count). The first-order chi connectivity index (χ1) is 8.67. The van der Waals surface area contributed by atoms with E-state index in [0.29, 0.717) is 17.2 Å². The minimum absolute atomic E-state index is 0.598. The Kier molecular flexibility index (Phi) is 2.33. The molecular formula is C13H14N4O. The molecule has 2 N–H and O–H groups in total. The van der Waals surface area contributed by atoms with E-state index in [1.165, 1.54) is 0 Å². The number of oxazole rings is 1. The molecule has 5 heteroatoms. The largest absolute Gasteiger partial charge is 0.436 e. The highest BCUT2D eigenvalue weighted by atomic mass is 16.3. The average Bonchev–Trinajstić information content (AvgIpc) is 2.91. The van der Waals surface area contributed by atoms with Gasteiger partial charge in [0.2, 0.25) is 5.89 Å². The van der Waals surface area contributed by atoms with Crippen molar-refractivity contribution >= 4 is 16.8 Å². The van der Waals surface area contributed by atoms with E-state index in [1.54, 1.807) is 10.7 Å². The second-order valence-corrected chi connectivity index (χ2v) is 4.26. The number of aryl methyl sites for hydroxylation is 2. The number of nitrogens with zero attached hydrogens (tertiary/aromatic N) is 3. The first-order valence-corrected chi connectivity index (χ1v) is 5.86. The van der Waals surface area contributed by atoms with Gasteiger partial charge in [-0.3, -0.25) is 4.68 Å². The number of nitrogens with two attached hydrogens (primary N) is 1. The maximum atomic E-state index is 5.75. The normalized spacial score (nSPS) is 11.2. The lowest BCUT2D eigenvalue weighted by atomic mass is 10.2. The fourth-order valence-corrected chi connectivity index (χ4v) is 2.03. The van der Waals surface area contributed by atoms with E-state index >= 15 is 0 Å². The molecule has 92 valence electrons. The van der Waals surface area contributed by atoms with Crippen molar-refractivity contribution in [1.82, 2.24) is 14.8 Å². The molecule has 0 aliphatic rings. The number of anilines is 1. The molecule has 0 radical (unpaired) electrons. The summed E-state index contributed by atoms with van der Waals surface area (Å²) in [5.41, 5.74) is 9.84. The van der Waals surface area contributed by atoms with Gasteiger partial charge in [0.1, 0.15) is 5.52 Å². The van der Waals surface area contributed by atoms with E-state index in [4.69, 9.17) is 10.2 Å². The lowest BCUT2D eigenvalue weighted by Crippen LogP contribution is -1.89. The Balaban J connectivity index is 2.18. The standard InChI is InChI=1S/C13H14N4O/c1-3-10-9(7-17(2)16-10)13-15-11-5-4-8(14)6-12(11)18-13/h4-7H,3,14H2,1-2H3. The van der Waals surface area contributed by atoms with Crippen LogP contribution < -0.4 is 5.73 Å². The monoisotopic (exact) mass is 242 g/mol. The zero-order valence-corrected chi connectivity index (χ0v) is 10.3. The molecule has 18 heavy (non-hydrogen) atoms. The summed E-state index contributed by atoms with van der Waals surface area (Å²) in [5, 5.41) is 4.39. The molecule has 0 saturated carbocycles. The van der Waals surface area contributed by atoms with E-state index in [0.717, 1.165) is 23.2 Å². The first kappa shape index (κ1) is 10.8. The average molecular weight is 242 g/mol. The highest BCUT2D eigenvalue weighted by Gasteiger charge is 2.14. The van der Waals surface area contributed by atoms with Crippen molar-refractivity contribution in [3.63, 3.8) is 0 Å². The number of rotatable bonds is 2. The lowest BCUT2D eigenvalue weighted by Gasteiger charge is -1.92. The van der Waals surface area contributed by atoms with Crippen molar-refractivity contribution in [1.29, 1.82) is 0 Å². The summed E-state index contributed by atoms with van der Waals surface area (Å²) in [6.07, 6.45) is 2.77. The van der Waals surface area contributed by atoms with Gasteiger partial charge in [-0.25, -0.2) is 4.98 Å². The third-order valence-corrected chi connectivity index (χ3v) is 2.88. The molecule has 0 aliphatic carbocycles. The molecule has 0 fully saturated rings. The molecule has 3 aromatic rings. The predicted octanol–water partition coefficient (Wildman–Crippen LogP) is 2.37. The minimum Gasteiger partial charge on any atom is -0.436 e. The zero-order valence-electron chi connectivity index (χ0n) is 10.3. The van der Waals surface area contributed by atoms with E-state index in [9.17, 15) is 0 Å². The third kappa shape index (κ3) is 1.64.